The molecule has 0 radical (unpaired) electrons. The molecular formula is C21H19N3O3. The molecule has 1 aromatic heterocycles. The summed E-state index contributed by atoms with van der Waals surface area (Å²) in [5.41, 5.74) is 3.14. The van der Waals surface area contributed by atoms with Gasteiger partial charge in [0.2, 0.25) is 0 Å². The van der Waals surface area contributed by atoms with Crippen molar-refractivity contribution in [3.63, 3.8) is 0 Å². The number of carbonyl (C=O) groups is 2. The number of hydrogen-bond donors (Lipinski definition) is 2. The highest BCUT2D eigenvalue weighted by Crippen LogP contribution is 2.17. The highest BCUT2D eigenvalue weighted by atomic mass is 16.5. The largest absolute Gasteiger partial charge is 0.380 e. The molecule has 0 saturated carbocycles. The zero-order valence-corrected chi connectivity index (χ0v) is 14.8. The molecule has 3 aromatic rings. The Morgan fingerprint density at radius 3 is 2.15 bits per heavy atom. The fraction of sp³-hybridized carbons (Fsp3) is 0.0952. The summed E-state index contributed by atoms with van der Waals surface area (Å²) >= 11 is 0. The molecule has 0 atom stereocenters. The van der Waals surface area contributed by atoms with Crippen molar-refractivity contribution >= 4 is 23.2 Å². The number of nitrogens with one attached hydrogen (secondary N) is 2. The second-order valence-electron chi connectivity index (χ2n) is 5.86. The number of amides is 2. The van der Waals surface area contributed by atoms with Crippen LogP contribution in [-0.4, -0.2) is 23.9 Å². The summed E-state index contributed by atoms with van der Waals surface area (Å²) in [4.78, 5) is 28.6. The van der Waals surface area contributed by atoms with E-state index in [1.807, 2.05) is 12.1 Å². The molecule has 6 nitrogen and oxygen atoms in total. The van der Waals surface area contributed by atoms with Crippen molar-refractivity contribution in [1.29, 1.82) is 0 Å². The van der Waals surface area contributed by atoms with E-state index in [2.05, 4.69) is 15.6 Å². The van der Waals surface area contributed by atoms with Crippen LogP contribution in [0.25, 0.3) is 0 Å². The first kappa shape index (κ1) is 18.3. The van der Waals surface area contributed by atoms with Crippen LogP contribution >= 0.6 is 0 Å². The quantitative estimate of drug-likeness (QED) is 0.701. The van der Waals surface area contributed by atoms with Crippen molar-refractivity contribution in [1.82, 2.24) is 4.98 Å². The zero-order valence-electron chi connectivity index (χ0n) is 14.8. The molecule has 0 fully saturated rings. The molecule has 3 rings (SSSR count). The summed E-state index contributed by atoms with van der Waals surface area (Å²) in [6.07, 6.45) is 3.12. The van der Waals surface area contributed by atoms with Crippen LogP contribution < -0.4 is 10.6 Å². The first-order valence-corrected chi connectivity index (χ1v) is 8.36. The number of nitrogens with zero attached hydrogens (tertiary/aromatic N) is 1. The standard InChI is InChI=1S/C21H19N3O3/c1-27-14-15-4-2-5-17(12-15)21(26)24-19-7-3-6-18(13-19)23-20(25)16-8-10-22-11-9-16/h2-13H,14H2,1H3,(H,23,25)(H,24,26). The predicted octanol–water partition coefficient (Wildman–Crippen LogP) is 3.73. The van der Waals surface area contributed by atoms with Gasteiger partial charge in [0.25, 0.3) is 11.8 Å². The minimum absolute atomic E-state index is 0.231. The Bertz CT molecular complexity index is 942. The molecule has 0 aliphatic rings. The van der Waals surface area contributed by atoms with Crippen molar-refractivity contribution in [2.45, 2.75) is 6.61 Å². The highest BCUT2D eigenvalue weighted by molar-refractivity contribution is 6.06. The lowest BCUT2D eigenvalue weighted by Crippen LogP contribution is -2.14. The number of rotatable bonds is 6. The Kier molecular flexibility index (Phi) is 5.91. The topological polar surface area (TPSA) is 80.3 Å². The van der Waals surface area contributed by atoms with Gasteiger partial charge in [-0.05, 0) is 48.0 Å². The number of ether oxygens (including phenoxy) is 1. The lowest BCUT2D eigenvalue weighted by atomic mass is 10.1. The molecule has 2 aromatic carbocycles. The maximum absolute atomic E-state index is 12.5. The van der Waals surface area contributed by atoms with Crippen LogP contribution in [0.4, 0.5) is 11.4 Å². The third kappa shape index (κ3) is 4.99. The molecule has 0 unspecified atom stereocenters. The van der Waals surface area contributed by atoms with Crippen LogP contribution in [0.5, 0.6) is 0 Å². The molecule has 6 heteroatoms. The van der Waals surface area contributed by atoms with E-state index in [9.17, 15) is 9.59 Å². The average Bonchev–Trinajstić information content (AvgIpc) is 2.69. The molecule has 2 N–H and O–H groups in total. The summed E-state index contributed by atoms with van der Waals surface area (Å²) in [6, 6.07) is 17.5. The molecule has 0 bridgehead atoms. The Morgan fingerprint density at radius 1 is 0.852 bits per heavy atom. The van der Waals surface area contributed by atoms with Crippen LogP contribution in [0.2, 0.25) is 0 Å². The van der Waals surface area contributed by atoms with Crippen molar-refractivity contribution in [3.8, 4) is 0 Å². The molecule has 27 heavy (non-hydrogen) atoms. The third-order valence-electron chi connectivity index (χ3n) is 3.82. The summed E-state index contributed by atoms with van der Waals surface area (Å²) in [5, 5.41) is 5.64. The number of carbonyl (C=O) groups excluding carboxylic acids is 2. The van der Waals surface area contributed by atoms with Gasteiger partial charge >= 0.3 is 0 Å². The van der Waals surface area contributed by atoms with E-state index in [-0.39, 0.29) is 11.8 Å². The number of methoxy groups -OCH3 is 1. The van der Waals surface area contributed by atoms with Crippen molar-refractivity contribution < 1.29 is 14.3 Å². The first-order valence-electron chi connectivity index (χ1n) is 8.36. The van der Waals surface area contributed by atoms with Crippen molar-refractivity contribution in [3.05, 3.63) is 89.7 Å². The highest BCUT2D eigenvalue weighted by Gasteiger charge is 2.09. The maximum atomic E-state index is 12.5. The number of anilines is 2. The fourth-order valence-corrected chi connectivity index (χ4v) is 2.55. The Morgan fingerprint density at radius 2 is 1.48 bits per heavy atom. The molecule has 0 aliphatic carbocycles. The number of benzene rings is 2. The normalized spacial score (nSPS) is 10.3. The van der Waals surface area contributed by atoms with Crippen molar-refractivity contribution in [2.24, 2.45) is 0 Å². The molecule has 0 saturated heterocycles. The molecule has 1 heterocycles. The minimum atomic E-state index is -0.242. The molecular weight excluding hydrogens is 342 g/mol. The van der Waals surface area contributed by atoms with Crippen LogP contribution in [0.1, 0.15) is 26.3 Å². The molecule has 0 aliphatic heterocycles. The zero-order chi connectivity index (χ0) is 19.1. The van der Waals surface area contributed by atoms with Gasteiger partial charge in [-0.15, -0.1) is 0 Å². The smallest absolute Gasteiger partial charge is 0.255 e. The van der Waals surface area contributed by atoms with Crippen LogP contribution in [-0.2, 0) is 11.3 Å². The average molecular weight is 361 g/mol. The monoisotopic (exact) mass is 361 g/mol. The van der Waals surface area contributed by atoms with Gasteiger partial charge < -0.3 is 15.4 Å². The van der Waals surface area contributed by atoms with Gasteiger partial charge in [0.1, 0.15) is 0 Å². The van der Waals surface area contributed by atoms with Gasteiger partial charge in [-0.25, -0.2) is 0 Å². The van der Waals surface area contributed by atoms with Gasteiger partial charge in [-0.1, -0.05) is 18.2 Å². The third-order valence-corrected chi connectivity index (χ3v) is 3.82. The summed E-state index contributed by atoms with van der Waals surface area (Å²) in [5.74, 6) is -0.473. The summed E-state index contributed by atoms with van der Waals surface area (Å²) < 4.78 is 5.09. The van der Waals surface area contributed by atoms with Gasteiger partial charge in [0, 0.05) is 42.0 Å². The van der Waals surface area contributed by atoms with Crippen LogP contribution in [0.3, 0.4) is 0 Å². The van der Waals surface area contributed by atoms with E-state index >= 15 is 0 Å². The summed E-state index contributed by atoms with van der Waals surface area (Å²) in [7, 11) is 1.61. The van der Waals surface area contributed by atoms with Gasteiger partial charge in [0.05, 0.1) is 6.61 Å². The number of pyridine rings is 1. The second-order valence-corrected chi connectivity index (χ2v) is 5.86. The Labute approximate surface area is 157 Å². The Hall–Kier alpha value is -3.51. The van der Waals surface area contributed by atoms with E-state index in [0.717, 1.165) is 5.56 Å². The number of aromatic nitrogens is 1. The van der Waals surface area contributed by atoms with Gasteiger partial charge in [-0.3, -0.25) is 14.6 Å². The SMILES string of the molecule is COCc1cccc(C(=O)Nc2cccc(NC(=O)c3ccncc3)c2)c1. The van der Waals surface area contributed by atoms with Gasteiger partial charge in [0.15, 0.2) is 0 Å². The minimum Gasteiger partial charge on any atom is -0.380 e. The Balaban J connectivity index is 1.69. The van der Waals surface area contributed by atoms with E-state index in [4.69, 9.17) is 4.74 Å². The van der Waals surface area contributed by atoms with E-state index < -0.39 is 0 Å². The van der Waals surface area contributed by atoms with E-state index in [0.29, 0.717) is 29.1 Å². The number of hydrogen-bond acceptors (Lipinski definition) is 4. The molecule has 136 valence electrons. The lowest BCUT2D eigenvalue weighted by Gasteiger charge is -2.10. The first-order chi connectivity index (χ1) is 13.2. The van der Waals surface area contributed by atoms with E-state index in [1.165, 1.54) is 0 Å². The molecule has 2 amide bonds. The summed E-state index contributed by atoms with van der Waals surface area (Å²) in [6.45, 7) is 0.442. The predicted molar refractivity (Wildman–Crippen MR) is 104 cm³/mol. The lowest BCUT2D eigenvalue weighted by molar-refractivity contribution is 0.101. The fourth-order valence-electron chi connectivity index (χ4n) is 2.55. The second kappa shape index (κ2) is 8.73. The maximum Gasteiger partial charge on any atom is 0.255 e. The van der Waals surface area contributed by atoms with Crippen LogP contribution in [0.15, 0.2) is 73.1 Å². The van der Waals surface area contributed by atoms with Crippen LogP contribution in [0, 0.1) is 0 Å². The van der Waals surface area contributed by atoms with Gasteiger partial charge in [-0.2, -0.15) is 0 Å². The van der Waals surface area contributed by atoms with Crippen molar-refractivity contribution in [2.75, 3.05) is 17.7 Å². The molecule has 0 spiro atoms. The van der Waals surface area contributed by atoms with E-state index in [1.54, 1.807) is 68.0 Å².